The van der Waals surface area contributed by atoms with Crippen LogP contribution in [0.2, 0.25) is 0 Å². The van der Waals surface area contributed by atoms with Crippen molar-refractivity contribution in [3.8, 4) is 0 Å². The monoisotopic (exact) mass is 326 g/mol. The molecule has 0 aromatic heterocycles. The zero-order valence-electron chi connectivity index (χ0n) is 13.7. The molecule has 3 N–H and O–H groups in total. The molecule has 0 unspecified atom stereocenters. The first kappa shape index (κ1) is 17.7. The molecule has 7 heteroatoms. The Morgan fingerprint density at radius 2 is 1.96 bits per heavy atom. The number of nitrogens with zero attached hydrogens (tertiary/aromatic N) is 1. The predicted octanol–water partition coefficient (Wildman–Crippen LogP) is 1.07. The third kappa shape index (κ3) is 3.65. The van der Waals surface area contributed by atoms with E-state index in [1.807, 2.05) is 6.92 Å². The Balaban J connectivity index is 2.09. The number of amides is 1. The van der Waals surface area contributed by atoms with Gasteiger partial charge in [-0.1, -0.05) is 19.8 Å². The van der Waals surface area contributed by atoms with E-state index in [1.165, 1.54) is 4.90 Å². The number of nitrogens with one attached hydrogen (secondary N) is 1. The Kier molecular flexibility index (Phi) is 5.62. The van der Waals surface area contributed by atoms with Crippen molar-refractivity contribution in [2.75, 3.05) is 0 Å². The first-order valence-corrected chi connectivity index (χ1v) is 8.40. The van der Waals surface area contributed by atoms with E-state index < -0.39 is 30.1 Å². The summed E-state index contributed by atoms with van der Waals surface area (Å²) in [4.78, 5) is 37.0. The highest BCUT2D eigenvalue weighted by Gasteiger charge is 2.49. The van der Waals surface area contributed by atoms with Crippen molar-refractivity contribution < 1.29 is 24.6 Å². The van der Waals surface area contributed by atoms with Crippen LogP contribution in [0.25, 0.3) is 0 Å². The van der Waals surface area contributed by atoms with Crippen LogP contribution in [0.3, 0.4) is 0 Å². The first-order valence-electron chi connectivity index (χ1n) is 8.40. The second-order valence-electron chi connectivity index (χ2n) is 6.66. The lowest BCUT2D eigenvalue weighted by Gasteiger charge is -2.31. The maximum Gasteiger partial charge on any atom is 0.326 e. The predicted molar refractivity (Wildman–Crippen MR) is 82.9 cm³/mol. The second kappa shape index (κ2) is 7.29. The molecule has 1 aliphatic heterocycles. The van der Waals surface area contributed by atoms with Crippen LogP contribution >= 0.6 is 0 Å². The number of carboxylic acid groups (broad SMARTS) is 2. The van der Waals surface area contributed by atoms with Crippen LogP contribution in [0.15, 0.2) is 0 Å². The fraction of sp³-hybridized carbons (Fsp3) is 0.812. The summed E-state index contributed by atoms with van der Waals surface area (Å²) in [6.07, 6.45) is 4.45. The summed E-state index contributed by atoms with van der Waals surface area (Å²) in [5.41, 5.74) is 0. The molecular formula is C16H26N2O5. The van der Waals surface area contributed by atoms with Crippen molar-refractivity contribution in [3.63, 3.8) is 0 Å². The number of carbonyl (C=O) groups excluding carboxylic acids is 1. The average Bonchev–Trinajstić information content (AvgIpc) is 3.05. The highest BCUT2D eigenvalue weighted by atomic mass is 16.4. The molecule has 0 spiro atoms. The van der Waals surface area contributed by atoms with Crippen LogP contribution in [0, 0.1) is 5.92 Å². The third-order valence-electron chi connectivity index (χ3n) is 5.07. The van der Waals surface area contributed by atoms with Crippen LogP contribution in [0.1, 0.15) is 52.4 Å². The quantitative estimate of drug-likeness (QED) is 0.646. The van der Waals surface area contributed by atoms with Crippen LogP contribution < -0.4 is 5.32 Å². The molecule has 2 aliphatic rings. The molecule has 1 heterocycles. The smallest absolute Gasteiger partial charge is 0.326 e. The Morgan fingerprint density at radius 1 is 1.26 bits per heavy atom. The summed E-state index contributed by atoms with van der Waals surface area (Å²) in [5, 5.41) is 21.5. The highest BCUT2D eigenvalue weighted by molar-refractivity contribution is 5.88. The fourth-order valence-electron chi connectivity index (χ4n) is 3.99. The molecule has 1 saturated heterocycles. The average molecular weight is 326 g/mol. The van der Waals surface area contributed by atoms with Crippen LogP contribution in [0.4, 0.5) is 0 Å². The summed E-state index contributed by atoms with van der Waals surface area (Å²) >= 11 is 0. The fourth-order valence-corrected chi connectivity index (χ4v) is 3.99. The van der Waals surface area contributed by atoms with Crippen molar-refractivity contribution in [2.45, 2.75) is 76.5 Å². The molecule has 2 rings (SSSR count). The molecule has 1 saturated carbocycles. The summed E-state index contributed by atoms with van der Waals surface area (Å²) in [6, 6.07) is -2.29. The molecule has 0 aromatic rings. The van der Waals surface area contributed by atoms with Gasteiger partial charge in [0.1, 0.15) is 12.1 Å². The van der Waals surface area contributed by atoms with Gasteiger partial charge < -0.3 is 15.1 Å². The molecule has 2 fully saturated rings. The second-order valence-corrected chi connectivity index (χ2v) is 6.66. The number of hydrogen-bond acceptors (Lipinski definition) is 4. The van der Waals surface area contributed by atoms with Gasteiger partial charge in [-0.25, -0.2) is 4.79 Å². The van der Waals surface area contributed by atoms with Gasteiger partial charge >= 0.3 is 11.9 Å². The molecule has 5 atom stereocenters. The molecule has 0 radical (unpaired) electrons. The van der Waals surface area contributed by atoms with Gasteiger partial charge in [0.05, 0.1) is 6.04 Å². The number of likely N-dealkylation sites (tertiary alicyclic amines) is 1. The van der Waals surface area contributed by atoms with Crippen molar-refractivity contribution in [3.05, 3.63) is 0 Å². The number of aliphatic carboxylic acids is 2. The van der Waals surface area contributed by atoms with Gasteiger partial charge in [0, 0.05) is 6.04 Å². The highest BCUT2D eigenvalue weighted by Crippen LogP contribution is 2.41. The van der Waals surface area contributed by atoms with Crippen molar-refractivity contribution in [1.82, 2.24) is 10.2 Å². The standard InChI is InChI=1S/C16H26N2O5/c1-3-5-11(15(20)21)17-9(2)14(19)18-12-7-4-6-10(12)8-13(18)16(22)23/h9-13,17H,3-8H2,1-2H3,(H,20,21)(H,22,23)/t9-,10-,11-,12-,13-/m0/s1. The third-order valence-corrected chi connectivity index (χ3v) is 5.07. The molecule has 0 aromatic carbocycles. The van der Waals surface area contributed by atoms with Gasteiger partial charge in [-0.15, -0.1) is 0 Å². The summed E-state index contributed by atoms with van der Waals surface area (Å²) in [5.74, 6) is -1.99. The minimum absolute atomic E-state index is 0.0118. The van der Waals surface area contributed by atoms with Gasteiger partial charge in [0.25, 0.3) is 0 Å². The molecule has 1 aliphatic carbocycles. The topological polar surface area (TPSA) is 107 Å². The van der Waals surface area contributed by atoms with E-state index in [-0.39, 0.29) is 17.9 Å². The Bertz CT molecular complexity index is 481. The number of fused-ring (bicyclic) bond motifs is 1. The minimum atomic E-state index is -0.985. The minimum Gasteiger partial charge on any atom is -0.480 e. The Morgan fingerprint density at radius 3 is 2.52 bits per heavy atom. The molecule has 0 bridgehead atoms. The number of carboxylic acids is 2. The normalized spacial score (nSPS) is 29.1. The summed E-state index contributed by atoms with van der Waals surface area (Å²) < 4.78 is 0. The summed E-state index contributed by atoms with van der Waals surface area (Å²) in [6.45, 7) is 3.50. The number of hydrogen-bond donors (Lipinski definition) is 3. The molecular weight excluding hydrogens is 300 g/mol. The van der Waals surface area contributed by atoms with Gasteiger partial charge in [-0.3, -0.25) is 14.9 Å². The number of carbonyl (C=O) groups is 3. The van der Waals surface area contributed by atoms with E-state index in [4.69, 9.17) is 0 Å². The van der Waals surface area contributed by atoms with Gasteiger partial charge in [-0.05, 0) is 38.5 Å². The van der Waals surface area contributed by atoms with Crippen molar-refractivity contribution in [1.29, 1.82) is 0 Å². The lowest BCUT2D eigenvalue weighted by molar-refractivity contribution is -0.151. The lowest BCUT2D eigenvalue weighted by Crippen LogP contribution is -2.55. The zero-order valence-corrected chi connectivity index (χ0v) is 13.7. The van der Waals surface area contributed by atoms with Crippen molar-refractivity contribution in [2.24, 2.45) is 5.92 Å². The van der Waals surface area contributed by atoms with Crippen LogP contribution in [0.5, 0.6) is 0 Å². The van der Waals surface area contributed by atoms with Crippen LogP contribution in [-0.2, 0) is 14.4 Å². The Labute approximate surface area is 136 Å². The van der Waals surface area contributed by atoms with E-state index >= 15 is 0 Å². The zero-order chi connectivity index (χ0) is 17.1. The van der Waals surface area contributed by atoms with E-state index in [0.717, 1.165) is 19.3 Å². The molecule has 7 nitrogen and oxygen atoms in total. The Hall–Kier alpha value is -1.63. The van der Waals surface area contributed by atoms with E-state index in [9.17, 15) is 24.6 Å². The SMILES string of the molecule is CCC[C@H](N[C@@H](C)C(=O)N1[C@H](C(=O)O)C[C@@H]2CCC[C@@H]21)C(=O)O. The first-order chi connectivity index (χ1) is 10.9. The van der Waals surface area contributed by atoms with Gasteiger partial charge in [-0.2, -0.15) is 0 Å². The summed E-state index contributed by atoms with van der Waals surface area (Å²) in [7, 11) is 0. The van der Waals surface area contributed by atoms with Crippen LogP contribution in [-0.4, -0.2) is 57.1 Å². The maximum atomic E-state index is 12.8. The molecule has 1 amide bonds. The van der Waals surface area contributed by atoms with E-state index in [1.54, 1.807) is 6.92 Å². The van der Waals surface area contributed by atoms with Gasteiger partial charge in [0.2, 0.25) is 5.91 Å². The molecule has 23 heavy (non-hydrogen) atoms. The maximum absolute atomic E-state index is 12.8. The molecule has 130 valence electrons. The van der Waals surface area contributed by atoms with Crippen molar-refractivity contribution >= 4 is 17.8 Å². The largest absolute Gasteiger partial charge is 0.480 e. The number of rotatable bonds is 7. The lowest BCUT2D eigenvalue weighted by atomic mass is 10.0. The van der Waals surface area contributed by atoms with E-state index in [0.29, 0.717) is 19.3 Å². The van der Waals surface area contributed by atoms with Gasteiger partial charge in [0.15, 0.2) is 0 Å². The van der Waals surface area contributed by atoms with E-state index in [2.05, 4.69) is 5.32 Å².